The second kappa shape index (κ2) is 13.1. The molecule has 4 N–H and O–H groups in total. The van der Waals surface area contributed by atoms with Crippen LogP contribution >= 0.6 is 53.4 Å². The number of aliphatic imine (C=N–C) groups is 1. The molecule has 8 atom stereocenters. The molecule has 0 radical (unpaired) electrons. The molecule has 4 saturated carbocycles. The van der Waals surface area contributed by atoms with Crippen molar-refractivity contribution in [3.05, 3.63) is 0 Å². The maximum atomic E-state index is 11.3. The number of amides is 1. The lowest BCUT2D eigenvalue weighted by Crippen LogP contribution is -2.25. The largest absolute Gasteiger partial charge is 0.480 e. The Hall–Kier alpha value is -0.320. The number of rotatable bonds is 4. The number of carbonyl (C=O) groups is 2. The molecule has 0 spiro atoms. The smallest absolute Gasteiger partial charge is 0.316 e. The molecule has 6 nitrogen and oxygen atoms in total. The quantitative estimate of drug-likeness (QED) is 0.325. The topological polar surface area (TPSA) is 105 Å². The molecular formula is C23H38BrN3O3S3. The summed E-state index contributed by atoms with van der Waals surface area (Å²) in [4.78, 5) is 26.0. The molecule has 10 heteroatoms. The molecule has 0 aromatic rings. The molecule has 5 fully saturated rings. The van der Waals surface area contributed by atoms with Crippen LogP contribution < -0.4 is 11.1 Å². The first-order chi connectivity index (χ1) is 15.1. The number of hydrogen-bond acceptors (Lipinski definition) is 5. The van der Waals surface area contributed by atoms with Crippen molar-refractivity contribution in [1.29, 1.82) is 0 Å². The fourth-order valence-electron chi connectivity index (χ4n) is 5.92. The standard InChI is InChI=1S/C11H16N2OS.C9H15NS.C3H5BrO2.H2S/c1-6-10(14)13-11(15-6)12-9-5-7-2-3-8(9)4-7;10-9(11)5-8-4-6-1-2-7(8)3-6;1-2(4)3(5)6;/h6-9H,2-5H2,1H3,(H,12,13,14);6-8H,1-5H2,(H2,10,11);2H,1H3,(H,5,6);1H2. The Labute approximate surface area is 222 Å². The van der Waals surface area contributed by atoms with E-state index in [9.17, 15) is 9.59 Å². The zero-order valence-corrected chi connectivity index (χ0v) is 23.7. The van der Waals surface area contributed by atoms with Crippen LogP contribution in [0.15, 0.2) is 4.99 Å². The number of halogens is 1. The lowest BCUT2D eigenvalue weighted by Gasteiger charge is -2.20. The van der Waals surface area contributed by atoms with E-state index >= 15 is 0 Å². The second-order valence-electron chi connectivity index (χ2n) is 9.99. The lowest BCUT2D eigenvalue weighted by atomic mass is 9.86. The van der Waals surface area contributed by atoms with Gasteiger partial charge in [-0.05, 0) is 82.0 Å². The number of carboxylic acid groups (broad SMARTS) is 1. The number of nitrogens with two attached hydrogens (primary N) is 1. The van der Waals surface area contributed by atoms with Gasteiger partial charge in [0.05, 0.1) is 16.3 Å². The van der Waals surface area contributed by atoms with Gasteiger partial charge in [-0.1, -0.05) is 52.8 Å². The molecule has 1 saturated heterocycles. The van der Waals surface area contributed by atoms with Crippen LogP contribution in [-0.2, 0) is 9.59 Å². The van der Waals surface area contributed by atoms with E-state index in [-0.39, 0.29) is 24.7 Å². The van der Waals surface area contributed by atoms with E-state index in [0.29, 0.717) is 6.04 Å². The Morgan fingerprint density at radius 1 is 1.21 bits per heavy atom. The maximum Gasteiger partial charge on any atom is 0.316 e. The predicted molar refractivity (Wildman–Crippen MR) is 149 cm³/mol. The van der Waals surface area contributed by atoms with Gasteiger partial charge in [0, 0.05) is 6.42 Å². The average molecular weight is 581 g/mol. The first-order valence-electron chi connectivity index (χ1n) is 11.8. The molecule has 4 bridgehead atoms. The molecule has 4 aliphatic carbocycles. The summed E-state index contributed by atoms with van der Waals surface area (Å²) in [5.74, 6) is 3.86. The number of thioether (sulfide) groups is 1. The van der Waals surface area contributed by atoms with Gasteiger partial charge in [-0.2, -0.15) is 13.5 Å². The zero-order valence-electron chi connectivity index (χ0n) is 19.5. The van der Waals surface area contributed by atoms with Gasteiger partial charge >= 0.3 is 5.97 Å². The third kappa shape index (κ3) is 8.39. The fourth-order valence-corrected chi connectivity index (χ4v) is 7.00. The van der Waals surface area contributed by atoms with Gasteiger partial charge in [-0.25, -0.2) is 0 Å². The van der Waals surface area contributed by atoms with E-state index in [1.54, 1.807) is 18.7 Å². The summed E-state index contributed by atoms with van der Waals surface area (Å²) in [6, 6.07) is 0.497. The van der Waals surface area contributed by atoms with E-state index in [4.69, 9.17) is 28.1 Å². The van der Waals surface area contributed by atoms with Gasteiger partial charge in [0.1, 0.15) is 4.83 Å². The number of nitrogens with one attached hydrogen (secondary N) is 1. The molecule has 1 heterocycles. The highest BCUT2D eigenvalue weighted by Crippen LogP contribution is 2.49. The summed E-state index contributed by atoms with van der Waals surface area (Å²) in [6.07, 6.45) is 12.2. The molecule has 188 valence electrons. The van der Waals surface area contributed by atoms with Gasteiger partial charge < -0.3 is 16.2 Å². The van der Waals surface area contributed by atoms with Crippen molar-refractivity contribution in [2.45, 2.75) is 87.8 Å². The minimum absolute atomic E-state index is 0. The number of carbonyl (C=O) groups excluding carboxylic acids is 1. The summed E-state index contributed by atoms with van der Waals surface area (Å²) in [6.45, 7) is 3.49. The minimum Gasteiger partial charge on any atom is -0.480 e. The van der Waals surface area contributed by atoms with Gasteiger partial charge in [0.15, 0.2) is 5.17 Å². The molecule has 8 unspecified atom stereocenters. The van der Waals surface area contributed by atoms with Crippen molar-refractivity contribution < 1.29 is 14.7 Å². The predicted octanol–water partition coefficient (Wildman–Crippen LogP) is 4.85. The first kappa shape index (κ1) is 28.9. The Morgan fingerprint density at radius 3 is 2.15 bits per heavy atom. The van der Waals surface area contributed by atoms with Gasteiger partial charge in [0.2, 0.25) is 5.91 Å². The number of alkyl halides is 1. The number of carboxylic acids is 1. The number of thiocarbonyl (C=S) groups is 1. The fraction of sp³-hybridized carbons (Fsp3) is 0.826. The van der Waals surface area contributed by atoms with E-state index in [1.165, 1.54) is 51.4 Å². The third-order valence-corrected chi connectivity index (χ3v) is 9.12. The summed E-state index contributed by atoms with van der Waals surface area (Å²) >= 11 is 9.34. The Bertz CT molecular complexity index is 752. The number of fused-ring (bicyclic) bond motifs is 4. The van der Waals surface area contributed by atoms with Crippen LogP contribution in [0.25, 0.3) is 0 Å². The van der Waals surface area contributed by atoms with Crippen molar-refractivity contribution in [3.63, 3.8) is 0 Å². The second-order valence-corrected chi connectivity index (χ2v) is 13.2. The van der Waals surface area contributed by atoms with Gasteiger partial charge in [-0.3, -0.25) is 14.6 Å². The van der Waals surface area contributed by atoms with Gasteiger partial charge in [-0.15, -0.1) is 0 Å². The molecule has 5 aliphatic rings. The highest BCUT2D eigenvalue weighted by molar-refractivity contribution is 9.10. The molecule has 0 aromatic heterocycles. The average Bonchev–Trinajstić information content (AvgIpc) is 3.52. The monoisotopic (exact) mass is 579 g/mol. The third-order valence-electron chi connectivity index (χ3n) is 7.56. The Kier molecular flexibility index (Phi) is 11.5. The number of aliphatic carboxylic acids is 1. The molecule has 5 rings (SSSR count). The highest BCUT2D eigenvalue weighted by atomic mass is 79.9. The van der Waals surface area contributed by atoms with Crippen LogP contribution in [0, 0.1) is 29.6 Å². The summed E-state index contributed by atoms with van der Waals surface area (Å²) < 4.78 is 0. The normalized spacial score (nSPS) is 37.4. The van der Waals surface area contributed by atoms with Crippen LogP contribution in [0.2, 0.25) is 0 Å². The van der Waals surface area contributed by atoms with Crippen molar-refractivity contribution in [1.82, 2.24) is 5.32 Å². The summed E-state index contributed by atoms with van der Waals surface area (Å²) in [7, 11) is 0. The Morgan fingerprint density at radius 2 is 1.79 bits per heavy atom. The van der Waals surface area contributed by atoms with Crippen LogP contribution in [-0.4, -0.2) is 43.3 Å². The van der Waals surface area contributed by atoms with Gasteiger partial charge in [0.25, 0.3) is 0 Å². The summed E-state index contributed by atoms with van der Waals surface area (Å²) in [5.41, 5.74) is 5.54. The van der Waals surface area contributed by atoms with Crippen molar-refractivity contribution in [2.75, 3.05) is 0 Å². The lowest BCUT2D eigenvalue weighted by molar-refractivity contribution is -0.135. The number of amidine groups is 1. The molecule has 1 aliphatic heterocycles. The molecule has 1 amide bonds. The van der Waals surface area contributed by atoms with E-state index in [2.05, 4.69) is 21.2 Å². The van der Waals surface area contributed by atoms with Crippen LogP contribution in [0.5, 0.6) is 0 Å². The number of hydrogen-bond donors (Lipinski definition) is 3. The van der Waals surface area contributed by atoms with Crippen LogP contribution in [0.4, 0.5) is 0 Å². The summed E-state index contributed by atoms with van der Waals surface area (Å²) in [5, 5.41) is 11.7. The highest BCUT2D eigenvalue weighted by Gasteiger charge is 2.40. The minimum atomic E-state index is -0.824. The van der Waals surface area contributed by atoms with Crippen LogP contribution in [0.1, 0.15) is 71.6 Å². The SMILES string of the molecule is CC(Br)C(=O)O.CC1SC(=NC2CC3CCC2C3)NC1=O.NC(=S)CC1CC2CCC1C2.S. The van der Waals surface area contributed by atoms with Crippen molar-refractivity contribution >= 4 is 75.4 Å². The molecule has 0 aromatic carbocycles. The zero-order chi connectivity index (χ0) is 23.4. The van der Waals surface area contributed by atoms with E-state index in [1.807, 2.05) is 6.92 Å². The van der Waals surface area contributed by atoms with E-state index < -0.39 is 10.8 Å². The molecule has 33 heavy (non-hydrogen) atoms. The van der Waals surface area contributed by atoms with Crippen molar-refractivity contribution in [2.24, 2.45) is 40.3 Å². The maximum absolute atomic E-state index is 11.3. The Balaban J connectivity index is 0.000000190. The van der Waals surface area contributed by atoms with Crippen LogP contribution in [0.3, 0.4) is 0 Å². The van der Waals surface area contributed by atoms with E-state index in [0.717, 1.165) is 46.2 Å². The molecular weight excluding hydrogens is 542 g/mol. The first-order valence-corrected chi connectivity index (χ1v) is 14.0. The van der Waals surface area contributed by atoms with Crippen molar-refractivity contribution in [3.8, 4) is 0 Å². The number of nitrogens with zero attached hydrogens (tertiary/aromatic N) is 1.